The third-order valence-electron chi connectivity index (χ3n) is 6.33. The summed E-state index contributed by atoms with van der Waals surface area (Å²) >= 11 is 6.78. The van der Waals surface area contributed by atoms with Gasteiger partial charge in [0.2, 0.25) is 0 Å². The van der Waals surface area contributed by atoms with Crippen LogP contribution in [0.15, 0.2) is 52.3 Å². The minimum absolute atomic E-state index is 0.168. The Morgan fingerprint density at radius 1 is 1.06 bits per heavy atom. The Balaban J connectivity index is 1.57. The molecule has 0 saturated carbocycles. The van der Waals surface area contributed by atoms with Crippen molar-refractivity contribution in [2.45, 2.75) is 39.7 Å². The van der Waals surface area contributed by atoms with Gasteiger partial charge in [0, 0.05) is 19.3 Å². The first-order chi connectivity index (χ1) is 16.4. The minimum Gasteiger partial charge on any atom is -0.356 e. The molecule has 2 fully saturated rings. The maximum absolute atomic E-state index is 13.6. The first kappa shape index (κ1) is 22.8. The average Bonchev–Trinajstić information content (AvgIpc) is 3.10. The number of amides is 1. The predicted octanol–water partition coefficient (Wildman–Crippen LogP) is 4.70. The number of carbonyl (C=O) groups excluding carboxylic acids is 1. The van der Waals surface area contributed by atoms with Gasteiger partial charge in [0.05, 0.1) is 17.0 Å². The molecule has 2 aliphatic rings. The van der Waals surface area contributed by atoms with Crippen molar-refractivity contribution in [1.29, 1.82) is 0 Å². The van der Waals surface area contributed by atoms with Crippen LogP contribution < -0.4 is 10.5 Å². The summed E-state index contributed by atoms with van der Waals surface area (Å²) in [7, 11) is 0. The van der Waals surface area contributed by atoms with E-state index in [0.29, 0.717) is 32.8 Å². The zero-order chi connectivity index (χ0) is 23.8. The molecule has 2 saturated heterocycles. The van der Waals surface area contributed by atoms with Crippen molar-refractivity contribution in [1.82, 2.24) is 14.3 Å². The van der Waals surface area contributed by atoms with E-state index in [1.54, 1.807) is 21.6 Å². The molecule has 4 heterocycles. The number of hydrogen-bond donors (Lipinski definition) is 0. The van der Waals surface area contributed by atoms with Crippen LogP contribution in [0.3, 0.4) is 0 Å². The number of thioether (sulfide) groups is 1. The van der Waals surface area contributed by atoms with E-state index in [-0.39, 0.29) is 11.5 Å². The zero-order valence-electron chi connectivity index (χ0n) is 19.3. The van der Waals surface area contributed by atoms with E-state index < -0.39 is 0 Å². The molecule has 6 nitrogen and oxygen atoms in total. The third kappa shape index (κ3) is 4.28. The Bertz CT molecular complexity index is 1370. The second kappa shape index (κ2) is 9.35. The number of carbonyl (C=O) groups is 1. The summed E-state index contributed by atoms with van der Waals surface area (Å²) in [5.74, 6) is 0.483. The number of benzene rings is 1. The van der Waals surface area contributed by atoms with Crippen molar-refractivity contribution in [3.05, 3.63) is 80.1 Å². The van der Waals surface area contributed by atoms with Crippen LogP contribution in [-0.4, -0.2) is 37.6 Å². The van der Waals surface area contributed by atoms with Crippen LogP contribution in [-0.2, 0) is 11.3 Å². The van der Waals surface area contributed by atoms with E-state index in [9.17, 15) is 9.59 Å². The molecular formula is C26H26N4O2S2. The number of pyridine rings is 1. The highest BCUT2D eigenvalue weighted by Crippen LogP contribution is 2.35. The number of nitrogens with zero attached hydrogens (tertiary/aromatic N) is 4. The molecule has 34 heavy (non-hydrogen) atoms. The van der Waals surface area contributed by atoms with Gasteiger partial charge < -0.3 is 4.90 Å². The molecule has 0 atom stereocenters. The highest BCUT2D eigenvalue weighted by Gasteiger charge is 2.33. The van der Waals surface area contributed by atoms with Crippen LogP contribution in [0, 0.1) is 13.8 Å². The van der Waals surface area contributed by atoms with E-state index in [4.69, 9.17) is 17.2 Å². The first-order valence-electron chi connectivity index (χ1n) is 11.5. The molecule has 3 aromatic rings. The molecule has 0 spiro atoms. The van der Waals surface area contributed by atoms with Crippen molar-refractivity contribution in [2.24, 2.45) is 0 Å². The van der Waals surface area contributed by atoms with Crippen LogP contribution in [0.25, 0.3) is 11.7 Å². The zero-order valence-corrected chi connectivity index (χ0v) is 20.9. The summed E-state index contributed by atoms with van der Waals surface area (Å²) in [5, 5.41) is 0. The summed E-state index contributed by atoms with van der Waals surface area (Å²) in [5.41, 5.74) is 4.05. The molecule has 0 N–H and O–H groups in total. The number of hydrogen-bond acceptors (Lipinski definition) is 6. The van der Waals surface area contributed by atoms with Gasteiger partial charge in [-0.1, -0.05) is 59.9 Å². The number of fused-ring (bicyclic) bond motifs is 1. The molecule has 0 radical (unpaired) electrons. The van der Waals surface area contributed by atoms with Crippen LogP contribution in [0.2, 0.25) is 0 Å². The van der Waals surface area contributed by atoms with Crippen LogP contribution >= 0.6 is 24.0 Å². The second-order valence-electron chi connectivity index (χ2n) is 8.84. The minimum atomic E-state index is -0.172. The molecule has 0 aliphatic carbocycles. The highest BCUT2D eigenvalue weighted by atomic mass is 32.2. The van der Waals surface area contributed by atoms with Gasteiger partial charge in [-0.05, 0) is 56.4 Å². The summed E-state index contributed by atoms with van der Waals surface area (Å²) in [6, 6.07) is 11.9. The molecule has 1 aromatic carbocycles. The lowest BCUT2D eigenvalue weighted by molar-refractivity contribution is -0.122. The molecule has 2 aliphatic heterocycles. The summed E-state index contributed by atoms with van der Waals surface area (Å²) in [6.45, 7) is 6.10. The number of piperidine rings is 1. The predicted molar refractivity (Wildman–Crippen MR) is 142 cm³/mol. The van der Waals surface area contributed by atoms with Gasteiger partial charge in [0.25, 0.3) is 11.5 Å². The Hall–Kier alpha value is -2.97. The molecule has 0 unspecified atom stereocenters. The van der Waals surface area contributed by atoms with Crippen LogP contribution in [0.5, 0.6) is 0 Å². The lowest BCUT2D eigenvalue weighted by atomic mass is 10.1. The molecule has 5 rings (SSSR count). The van der Waals surface area contributed by atoms with E-state index in [0.717, 1.165) is 37.1 Å². The number of aryl methyl sites for hydroxylation is 2. The Morgan fingerprint density at radius 3 is 2.53 bits per heavy atom. The molecule has 1 amide bonds. The van der Waals surface area contributed by atoms with Gasteiger partial charge in [-0.3, -0.25) is 18.9 Å². The van der Waals surface area contributed by atoms with Crippen LogP contribution in [0.1, 0.15) is 41.5 Å². The monoisotopic (exact) mass is 490 g/mol. The fraction of sp³-hybridized carbons (Fsp3) is 0.308. The van der Waals surface area contributed by atoms with Gasteiger partial charge in [-0.15, -0.1) is 0 Å². The van der Waals surface area contributed by atoms with Crippen molar-refractivity contribution >= 4 is 51.7 Å². The molecule has 0 bridgehead atoms. The van der Waals surface area contributed by atoms with Crippen molar-refractivity contribution < 1.29 is 4.79 Å². The highest BCUT2D eigenvalue weighted by molar-refractivity contribution is 8.26. The van der Waals surface area contributed by atoms with E-state index in [1.165, 1.54) is 23.7 Å². The standard InChI is InChI=1S/C26H26N4O2S2/c1-17-8-10-19(11-9-17)16-30-25(32)21(34-26(30)33)15-20-23(28-12-4-3-5-13-28)27-22-18(2)7-6-14-29(22)24(20)31/h6-11,14-15H,3-5,12-13,16H2,1-2H3/b21-15+. The average molecular weight is 491 g/mol. The van der Waals surface area contributed by atoms with Crippen molar-refractivity contribution in [3.8, 4) is 0 Å². The van der Waals surface area contributed by atoms with Gasteiger partial charge in [-0.25, -0.2) is 4.98 Å². The van der Waals surface area contributed by atoms with Crippen molar-refractivity contribution in [2.75, 3.05) is 18.0 Å². The van der Waals surface area contributed by atoms with Crippen LogP contribution in [0.4, 0.5) is 5.82 Å². The molecule has 174 valence electrons. The Morgan fingerprint density at radius 2 is 1.79 bits per heavy atom. The van der Waals surface area contributed by atoms with E-state index in [1.807, 2.05) is 50.2 Å². The first-order valence-corrected chi connectivity index (χ1v) is 12.7. The fourth-order valence-electron chi connectivity index (χ4n) is 4.42. The summed E-state index contributed by atoms with van der Waals surface area (Å²) < 4.78 is 2.07. The quantitative estimate of drug-likeness (QED) is 0.390. The third-order valence-corrected chi connectivity index (χ3v) is 7.71. The SMILES string of the molecule is Cc1ccc(CN2C(=O)/C(=C\c3c(N4CCCCC4)nc4c(C)cccn4c3=O)SC2=S)cc1. The number of thiocarbonyl (C=S) groups is 1. The number of rotatable bonds is 4. The smallest absolute Gasteiger partial charge is 0.267 e. The fourth-order valence-corrected chi connectivity index (χ4v) is 5.65. The van der Waals surface area contributed by atoms with Gasteiger partial charge in [0.15, 0.2) is 0 Å². The van der Waals surface area contributed by atoms with Gasteiger partial charge in [0.1, 0.15) is 15.8 Å². The molecular weight excluding hydrogens is 464 g/mol. The normalized spacial score (nSPS) is 17.9. The van der Waals surface area contributed by atoms with E-state index in [2.05, 4.69) is 4.90 Å². The number of aromatic nitrogens is 2. The van der Waals surface area contributed by atoms with Gasteiger partial charge >= 0.3 is 0 Å². The lowest BCUT2D eigenvalue weighted by Gasteiger charge is -2.29. The topological polar surface area (TPSA) is 57.9 Å². The largest absolute Gasteiger partial charge is 0.356 e. The maximum atomic E-state index is 13.6. The Kier molecular flexibility index (Phi) is 6.27. The van der Waals surface area contributed by atoms with Crippen molar-refractivity contribution in [3.63, 3.8) is 0 Å². The molecule has 8 heteroatoms. The molecule has 2 aromatic heterocycles. The second-order valence-corrected chi connectivity index (χ2v) is 10.5. The summed E-state index contributed by atoms with van der Waals surface area (Å²) in [4.78, 5) is 36.1. The van der Waals surface area contributed by atoms with E-state index >= 15 is 0 Å². The number of anilines is 1. The maximum Gasteiger partial charge on any atom is 0.267 e. The lowest BCUT2D eigenvalue weighted by Crippen LogP contribution is -2.33. The Labute approximate surface area is 208 Å². The summed E-state index contributed by atoms with van der Waals surface area (Å²) in [6.07, 6.45) is 6.73. The van der Waals surface area contributed by atoms with Gasteiger partial charge in [-0.2, -0.15) is 0 Å².